The van der Waals surface area contributed by atoms with Crippen molar-refractivity contribution < 1.29 is 23.3 Å². The number of nitrogens with one attached hydrogen (secondary N) is 1. The summed E-state index contributed by atoms with van der Waals surface area (Å²) in [5.41, 5.74) is 2.24. The summed E-state index contributed by atoms with van der Waals surface area (Å²) in [4.78, 5) is 30.1. The van der Waals surface area contributed by atoms with E-state index in [-0.39, 0.29) is 23.6 Å². The summed E-state index contributed by atoms with van der Waals surface area (Å²) in [5.74, 6) is 2.33. The van der Waals surface area contributed by atoms with E-state index >= 15 is 0 Å². The third kappa shape index (κ3) is 5.72. The lowest BCUT2D eigenvalue weighted by molar-refractivity contribution is -0.384. The van der Waals surface area contributed by atoms with Crippen LogP contribution in [0.5, 0.6) is 5.75 Å². The number of carbonyl (C=O) groups excluding carboxylic acids is 1. The highest BCUT2D eigenvalue weighted by Crippen LogP contribution is 2.45. The molecule has 3 aromatic heterocycles. The van der Waals surface area contributed by atoms with Gasteiger partial charge >= 0.3 is 0 Å². The Morgan fingerprint density at radius 1 is 1.27 bits per heavy atom. The molecule has 0 spiro atoms. The fourth-order valence-corrected chi connectivity index (χ4v) is 6.26. The quantitative estimate of drug-likeness (QED) is 0.136. The lowest BCUT2D eigenvalue weighted by Gasteiger charge is -2.33. The van der Waals surface area contributed by atoms with Crippen LogP contribution in [-0.4, -0.2) is 24.2 Å². The van der Waals surface area contributed by atoms with Gasteiger partial charge in [0, 0.05) is 17.0 Å². The van der Waals surface area contributed by atoms with Crippen LogP contribution in [0.2, 0.25) is 0 Å². The number of aliphatic imine (C=N–C) groups is 1. The monoisotopic (exact) mass is 561 g/mol. The van der Waals surface area contributed by atoms with Crippen molar-refractivity contribution in [2.24, 2.45) is 16.3 Å². The molecule has 208 valence electrons. The SMILES string of the molecule is COc1ccc([N+](=O)[O-])cc1-c1ccc(C=Nc2sc3c(c2C(=O)NCc2ccco2)CC[C@H](C(C)(C)C)C3)o1. The van der Waals surface area contributed by atoms with Gasteiger partial charge in [0.15, 0.2) is 0 Å². The number of ether oxygens (including phenoxy) is 1. The van der Waals surface area contributed by atoms with Crippen molar-refractivity contribution in [1.82, 2.24) is 5.32 Å². The first-order valence-corrected chi connectivity index (χ1v) is 13.9. The highest BCUT2D eigenvalue weighted by atomic mass is 32.1. The number of carbonyl (C=O) groups is 1. The highest BCUT2D eigenvalue weighted by molar-refractivity contribution is 7.16. The minimum absolute atomic E-state index is 0.0645. The Hall–Kier alpha value is -4.18. The first-order valence-electron chi connectivity index (χ1n) is 13.1. The van der Waals surface area contributed by atoms with E-state index in [4.69, 9.17) is 18.6 Å². The number of rotatable bonds is 8. The average molecular weight is 562 g/mol. The second-order valence-corrected chi connectivity index (χ2v) is 11.9. The van der Waals surface area contributed by atoms with Crippen molar-refractivity contribution in [2.45, 2.75) is 46.6 Å². The Labute approximate surface area is 236 Å². The van der Waals surface area contributed by atoms with Crippen molar-refractivity contribution in [3.8, 4) is 17.1 Å². The molecule has 40 heavy (non-hydrogen) atoms. The second-order valence-electron chi connectivity index (χ2n) is 10.9. The minimum atomic E-state index is -0.463. The molecule has 0 saturated carbocycles. The van der Waals surface area contributed by atoms with Crippen LogP contribution >= 0.6 is 11.3 Å². The predicted molar refractivity (Wildman–Crippen MR) is 154 cm³/mol. The zero-order chi connectivity index (χ0) is 28.4. The second kappa shape index (κ2) is 11.1. The Bertz CT molecular complexity index is 1560. The molecule has 3 heterocycles. The number of methoxy groups -OCH3 is 1. The third-order valence-electron chi connectivity index (χ3n) is 7.30. The van der Waals surface area contributed by atoms with Crippen LogP contribution in [0.1, 0.15) is 59.5 Å². The molecular formula is C30H31N3O6S. The van der Waals surface area contributed by atoms with Crippen molar-refractivity contribution in [3.05, 3.63) is 86.4 Å². The van der Waals surface area contributed by atoms with E-state index in [1.54, 1.807) is 48.1 Å². The zero-order valence-electron chi connectivity index (χ0n) is 22.9. The summed E-state index contributed by atoms with van der Waals surface area (Å²) in [6.45, 7) is 7.07. The van der Waals surface area contributed by atoms with Crippen LogP contribution in [0.3, 0.4) is 0 Å². The van der Waals surface area contributed by atoms with Gasteiger partial charge in [0.25, 0.3) is 11.6 Å². The minimum Gasteiger partial charge on any atom is -0.496 e. The Morgan fingerprint density at radius 2 is 2.10 bits per heavy atom. The molecule has 1 aliphatic carbocycles. The molecule has 1 atom stereocenters. The maximum Gasteiger partial charge on any atom is 0.270 e. The first kappa shape index (κ1) is 27.4. The number of fused-ring (bicyclic) bond motifs is 1. The molecule has 0 radical (unpaired) electrons. The van der Waals surface area contributed by atoms with Crippen molar-refractivity contribution in [2.75, 3.05) is 7.11 Å². The molecule has 4 aromatic rings. The summed E-state index contributed by atoms with van der Waals surface area (Å²) in [5, 5.41) is 14.9. The molecule has 0 bridgehead atoms. The molecule has 1 N–H and O–H groups in total. The van der Waals surface area contributed by atoms with E-state index in [2.05, 4.69) is 26.1 Å². The number of hydrogen-bond donors (Lipinski definition) is 1. The van der Waals surface area contributed by atoms with Gasteiger partial charge in [-0.3, -0.25) is 14.9 Å². The number of nitrogens with zero attached hydrogens (tertiary/aromatic N) is 2. The lowest BCUT2D eigenvalue weighted by atomic mass is 9.72. The van der Waals surface area contributed by atoms with Gasteiger partial charge in [-0.1, -0.05) is 20.8 Å². The van der Waals surface area contributed by atoms with Gasteiger partial charge < -0.3 is 18.9 Å². The molecule has 1 amide bonds. The number of furan rings is 2. The molecule has 9 nitrogen and oxygen atoms in total. The molecule has 0 saturated heterocycles. The van der Waals surface area contributed by atoms with Crippen LogP contribution in [0.4, 0.5) is 10.7 Å². The third-order valence-corrected chi connectivity index (χ3v) is 8.46. The number of nitro groups is 1. The molecule has 0 aliphatic heterocycles. The van der Waals surface area contributed by atoms with Crippen LogP contribution in [0.25, 0.3) is 11.3 Å². The fraction of sp³-hybridized carbons (Fsp3) is 0.333. The topological polar surface area (TPSA) is 120 Å². The van der Waals surface area contributed by atoms with Crippen LogP contribution in [0, 0.1) is 21.4 Å². The van der Waals surface area contributed by atoms with Crippen LogP contribution in [-0.2, 0) is 19.4 Å². The highest BCUT2D eigenvalue weighted by Gasteiger charge is 2.33. The summed E-state index contributed by atoms with van der Waals surface area (Å²) in [7, 11) is 1.50. The van der Waals surface area contributed by atoms with Gasteiger partial charge in [-0.05, 0) is 66.5 Å². The maximum absolute atomic E-state index is 13.4. The maximum atomic E-state index is 13.4. The molecular weight excluding hydrogens is 530 g/mol. The normalized spacial score (nSPS) is 15.2. The van der Waals surface area contributed by atoms with E-state index in [1.165, 1.54) is 24.1 Å². The Morgan fingerprint density at radius 3 is 2.80 bits per heavy atom. The molecule has 1 aromatic carbocycles. The molecule has 10 heteroatoms. The number of hydrogen-bond acceptors (Lipinski definition) is 8. The van der Waals surface area contributed by atoms with Gasteiger partial charge in [0.1, 0.15) is 28.0 Å². The van der Waals surface area contributed by atoms with Crippen molar-refractivity contribution in [3.63, 3.8) is 0 Å². The molecule has 0 fully saturated rings. The van der Waals surface area contributed by atoms with Crippen molar-refractivity contribution >= 4 is 34.1 Å². The number of benzene rings is 1. The van der Waals surface area contributed by atoms with E-state index in [9.17, 15) is 14.9 Å². The average Bonchev–Trinajstić information content (AvgIpc) is 3.69. The largest absolute Gasteiger partial charge is 0.496 e. The smallest absolute Gasteiger partial charge is 0.270 e. The van der Waals surface area contributed by atoms with E-state index < -0.39 is 4.92 Å². The molecule has 1 aliphatic rings. The lowest BCUT2D eigenvalue weighted by Crippen LogP contribution is -2.28. The van der Waals surface area contributed by atoms with Crippen LogP contribution in [0.15, 0.2) is 62.6 Å². The first-order chi connectivity index (χ1) is 19.1. The number of thiophene rings is 1. The molecule has 0 unspecified atom stereocenters. The predicted octanol–water partition coefficient (Wildman–Crippen LogP) is 7.35. The van der Waals surface area contributed by atoms with E-state index in [0.717, 1.165) is 24.8 Å². The van der Waals surface area contributed by atoms with Gasteiger partial charge in [0.05, 0.1) is 42.2 Å². The zero-order valence-corrected chi connectivity index (χ0v) is 23.7. The Balaban J connectivity index is 1.45. The fourth-order valence-electron chi connectivity index (χ4n) is 5.00. The summed E-state index contributed by atoms with van der Waals surface area (Å²) < 4.78 is 16.7. The summed E-state index contributed by atoms with van der Waals surface area (Å²) in [6, 6.07) is 11.4. The van der Waals surface area contributed by atoms with Gasteiger partial charge in [-0.2, -0.15) is 0 Å². The van der Waals surface area contributed by atoms with Crippen molar-refractivity contribution in [1.29, 1.82) is 0 Å². The summed E-state index contributed by atoms with van der Waals surface area (Å²) in [6.07, 6.45) is 5.91. The Kier molecular flexibility index (Phi) is 7.62. The number of nitro benzene ring substituents is 1. The van der Waals surface area contributed by atoms with E-state index in [0.29, 0.717) is 45.1 Å². The molecule has 5 rings (SSSR count). The van der Waals surface area contributed by atoms with Crippen LogP contribution < -0.4 is 10.1 Å². The van der Waals surface area contributed by atoms with Gasteiger partial charge in [-0.25, -0.2) is 4.99 Å². The number of amides is 1. The summed E-state index contributed by atoms with van der Waals surface area (Å²) >= 11 is 1.55. The van der Waals surface area contributed by atoms with E-state index in [1.807, 2.05) is 6.07 Å². The van der Waals surface area contributed by atoms with Gasteiger partial charge in [-0.15, -0.1) is 11.3 Å². The standard InChI is InChI=1S/C30H31N3O6S/c1-30(2,3)18-7-10-22-26(14-18)40-29(27(22)28(34)31-16-20-6-5-13-38-20)32-17-21-9-12-25(39-21)23-15-19(33(35)36)8-11-24(23)37-4/h5-6,8-9,11-13,15,17-18H,7,10,14,16H2,1-4H3,(H,31,34)/t18-/m0/s1. The number of non-ortho nitro benzene ring substituents is 1. The van der Waals surface area contributed by atoms with Gasteiger partial charge in [0.2, 0.25) is 0 Å².